The number of carbonyl (C=O) groups excluding carboxylic acids is 10. The molecule has 5 heterocycles. The first-order chi connectivity index (χ1) is 47.0. The zero-order chi connectivity index (χ0) is 70.2. The van der Waals surface area contributed by atoms with E-state index in [2.05, 4.69) is 52.5 Å². The fraction of sp³-hybridized carbons (Fsp3) is 0.414. The second-order valence-corrected chi connectivity index (χ2v) is 25.5. The highest BCUT2D eigenvalue weighted by atomic mass is 16.4. The minimum atomic E-state index is -1.98. The Labute approximate surface area is 563 Å². The van der Waals surface area contributed by atoms with Crippen molar-refractivity contribution in [3.63, 3.8) is 0 Å². The number of hydrogen-bond acceptors (Lipinski definition) is 13. The van der Waals surface area contributed by atoms with Crippen molar-refractivity contribution < 1.29 is 77.6 Å². The van der Waals surface area contributed by atoms with Gasteiger partial charge in [0.15, 0.2) is 0 Å². The Morgan fingerprint density at radius 1 is 0.408 bits per heavy atom. The first-order valence-electron chi connectivity index (χ1n) is 32.9. The van der Waals surface area contributed by atoms with E-state index in [1.807, 2.05) is 0 Å². The second kappa shape index (κ2) is 33.2. The van der Waals surface area contributed by atoms with Crippen LogP contribution in [0.25, 0.3) is 21.8 Å². The van der Waals surface area contributed by atoms with Gasteiger partial charge in [-0.15, -0.1) is 0 Å². The number of rotatable bonds is 18. The molecule has 3 fully saturated rings. The number of benzene rings is 4. The molecule has 0 aliphatic carbocycles. The SMILES string of the molecule is CC(C)C[C@@H]1NC(=O)[C@H](Cc2c[nH]c3ccccc23)NC(=O)[C@H](CCC(=O)O)NC(=O)[C@H](Cc2ccccc2)NC(=O)[C@@H]2CCCN2C(=O)[C@H]2CCCN2C(=O)[C@H](Cc2ccccc2)NC(=O)[C@H](CCC(=O)O)NC(=O)[C@H](Cc2c[nH]c3ccccc23)NC(=O)[C@H](CC(=O)O)NC1=O. The Morgan fingerprint density at radius 2 is 0.776 bits per heavy atom. The number of hydrogen-bond donors (Lipinski definition) is 13. The van der Waals surface area contributed by atoms with Crippen LogP contribution in [0.5, 0.6) is 0 Å². The number of nitrogens with one attached hydrogen (secondary N) is 10. The van der Waals surface area contributed by atoms with Crippen LogP contribution < -0.4 is 42.5 Å². The molecule has 2 aromatic heterocycles. The number of aliphatic carboxylic acids is 3. The van der Waals surface area contributed by atoms with Crippen LogP contribution in [0, 0.1) is 5.92 Å². The lowest BCUT2D eigenvalue weighted by atomic mass is 9.99. The summed E-state index contributed by atoms with van der Waals surface area (Å²) in [6.07, 6.45) is -0.530. The van der Waals surface area contributed by atoms with E-state index < -0.39 is 170 Å². The maximum Gasteiger partial charge on any atom is 0.305 e. The standard InChI is InChI=1S/C70H82N12O16/c1-39(2)31-50-63(91)78-54(36-60(87)88)67(95)77-52(34-42-37-71-46-21-11-9-19-44(42)46)65(93)74-49(26-28-59(85)86)62(90)80-55(33-41-17-7-4-8-18-41)69(97)82-30-14-24-57(82)70(98)81-29-13-23-56(81)68(96)79-51(32-40-15-5-3-6-16-40)64(92)73-48(25-27-58(83)84)61(89)76-53(66(94)75-50)35-43-38-72-47-22-12-10-20-45(43)47/h3-12,15-22,37-39,48-57,71-72H,13-14,23-36H2,1-2H3,(H,73,92)(H,74,93)(H,75,94)(H,76,89)(H,77,95)(H,78,91)(H,79,96)(H,80,90)(H,83,84)(H,85,86)(H,87,88)/t48-,49-,50-,51-,52-,53-,54-,55-,56-,57+/m0/s1. The third kappa shape index (κ3) is 18.8. The van der Waals surface area contributed by atoms with Crippen molar-refractivity contribution in [1.82, 2.24) is 62.3 Å². The zero-order valence-corrected chi connectivity index (χ0v) is 54.3. The molecule has 0 saturated carbocycles. The van der Waals surface area contributed by atoms with E-state index in [4.69, 9.17) is 0 Å². The Balaban J connectivity index is 1.12. The zero-order valence-electron chi connectivity index (χ0n) is 54.3. The van der Waals surface area contributed by atoms with Crippen LogP contribution in [0.4, 0.5) is 0 Å². The number of fused-ring (bicyclic) bond motifs is 4. The summed E-state index contributed by atoms with van der Waals surface area (Å²) >= 11 is 0. The molecule has 98 heavy (non-hydrogen) atoms. The number of aromatic nitrogens is 2. The Kier molecular flexibility index (Phi) is 24.1. The predicted molar refractivity (Wildman–Crippen MR) is 355 cm³/mol. The van der Waals surface area contributed by atoms with Crippen molar-refractivity contribution in [3.8, 4) is 0 Å². The van der Waals surface area contributed by atoms with Gasteiger partial charge in [-0.1, -0.05) is 111 Å². The van der Waals surface area contributed by atoms with Crippen LogP contribution in [-0.4, -0.2) is 186 Å². The van der Waals surface area contributed by atoms with Gasteiger partial charge in [-0.3, -0.25) is 62.3 Å². The lowest BCUT2D eigenvalue weighted by Crippen LogP contribution is -2.62. The maximum atomic E-state index is 15.2. The van der Waals surface area contributed by atoms with E-state index in [-0.39, 0.29) is 64.0 Å². The molecule has 3 aliphatic rings. The van der Waals surface area contributed by atoms with E-state index in [1.165, 1.54) is 9.80 Å². The van der Waals surface area contributed by atoms with Gasteiger partial charge in [0, 0.05) is 85.8 Å². The van der Waals surface area contributed by atoms with Crippen molar-refractivity contribution >= 4 is 98.8 Å². The van der Waals surface area contributed by atoms with Gasteiger partial charge >= 0.3 is 17.9 Å². The second-order valence-electron chi connectivity index (χ2n) is 25.5. The van der Waals surface area contributed by atoms with E-state index in [0.717, 1.165) is 0 Å². The molecule has 10 amide bonds. The number of aromatic amines is 2. The fourth-order valence-electron chi connectivity index (χ4n) is 12.9. The molecule has 0 bridgehead atoms. The average molecular weight is 1350 g/mol. The van der Waals surface area contributed by atoms with Gasteiger partial charge in [0.2, 0.25) is 59.1 Å². The average Bonchev–Trinajstić information content (AvgIpc) is 1.61. The molecule has 6 aromatic rings. The summed E-state index contributed by atoms with van der Waals surface area (Å²) in [5, 5.41) is 52.6. The van der Waals surface area contributed by atoms with Crippen LogP contribution in [0.1, 0.15) is 100 Å². The van der Waals surface area contributed by atoms with Gasteiger partial charge in [-0.2, -0.15) is 0 Å². The van der Waals surface area contributed by atoms with Crippen molar-refractivity contribution in [1.29, 1.82) is 0 Å². The van der Waals surface area contributed by atoms with Gasteiger partial charge in [-0.05, 0) is 85.3 Å². The number of amides is 10. The van der Waals surface area contributed by atoms with Crippen molar-refractivity contribution in [2.75, 3.05) is 13.1 Å². The van der Waals surface area contributed by atoms with Crippen LogP contribution in [0.15, 0.2) is 122 Å². The molecule has 0 unspecified atom stereocenters. The highest BCUT2D eigenvalue weighted by Crippen LogP contribution is 2.28. The highest BCUT2D eigenvalue weighted by molar-refractivity contribution is 6.01. The Morgan fingerprint density at radius 3 is 1.26 bits per heavy atom. The summed E-state index contributed by atoms with van der Waals surface area (Å²) in [6, 6.07) is 15.5. The predicted octanol–water partition coefficient (Wildman–Crippen LogP) is 2.04. The smallest absolute Gasteiger partial charge is 0.305 e. The molecule has 3 saturated heterocycles. The molecular weight excluding hydrogens is 1260 g/mol. The van der Waals surface area contributed by atoms with Crippen LogP contribution in [-0.2, 0) is 88.0 Å². The lowest BCUT2D eigenvalue weighted by Gasteiger charge is -2.34. The van der Waals surface area contributed by atoms with E-state index in [1.54, 1.807) is 135 Å². The Bertz CT molecular complexity index is 3930. The molecule has 28 nitrogen and oxygen atoms in total. The summed E-state index contributed by atoms with van der Waals surface area (Å²) in [6.45, 7) is 3.52. The molecular formula is C70H82N12O16. The van der Waals surface area contributed by atoms with Gasteiger partial charge in [-0.25, -0.2) is 0 Å². The van der Waals surface area contributed by atoms with Crippen molar-refractivity contribution in [3.05, 3.63) is 144 Å². The molecule has 28 heteroatoms. The largest absolute Gasteiger partial charge is 0.481 e. The number of carboxylic acids is 3. The maximum absolute atomic E-state index is 15.2. The van der Waals surface area contributed by atoms with Crippen molar-refractivity contribution in [2.24, 2.45) is 5.92 Å². The number of para-hydroxylation sites is 2. The van der Waals surface area contributed by atoms with E-state index in [0.29, 0.717) is 56.9 Å². The number of H-pyrrole nitrogens is 2. The van der Waals surface area contributed by atoms with Gasteiger partial charge in [0.25, 0.3) is 0 Å². The third-order valence-electron chi connectivity index (χ3n) is 17.8. The number of carboxylic acid groups (broad SMARTS) is 3. The number of carbonyl (C=O) groups is 13. The van der Waals surface area contributed by atoms with Crippen LogP contribution in [0.3, 0.4) is 0 Å². The van der Waals surface area contributed by atoms with Gasteiger partial charge < -0.3 is 77.6 Å². The molecule has 518 valence electrons. The minimum absolute atomic E-state index is 0.0294. The molecule has 0 spiro atoms. The summed E-state index contributed by atoms with van der Waals surface area (Å²) < 4.78 is 0. The summed E-state index contributed by atoms with van der Waals surface area (Å²) in [4.78, 5) is 195. The monoisotopic (exact) mass is 1350 g/mol. The summed E-state index contributed by atoms with van der Waals surface area (Å²) in [5.41, 5.74) is 3.33. The molecule has 4 aromatic carbocycles. The third-order valence-corrected chi connectivity index (χ3v) is 17.8. The molecule has 9 rings (SSSR count). The highest BCUT2D eigenvalue weighted by Gasteiger charge is 2.45. The van der Waals surface area contributed by atoms with Crippen LogP contribution >= 0.6 is 0 Å². The topological polar surface area (TPSA) is 417 Å². The summed E-state index contributed by atoms with van der Waals surface area (Å²) in [5.74, 6) is -14.1. The van der Waals surface area contributed by atoms with E-state index in [9.17, 15) is 58.5 Å². The molecule has 3 aliphatic heterocycles. The lowest BCUT2D eigenvalue weighted by molar-refractivity contribution is -0.148. The van der Waals surface area contributed by atoms with E-state index >= 15 is 19.2 Å². The van der Waals surface area contributed by atoms with Crippen LogP contribution in [0.2, 0.25) is 0 Å². The molecule has 0 radical (unpaired) electrons. The first-order valence-corrected chi connectivity index (χ1v) is 32.9. The molecule has 10 atom stereocenters. The Hall–Kier alpha value is -10.9. The minimum Gasteiger partial charge on any atom is -0.481 e. The quantitative estimate of drug-likeness (QED) is 0.0586. The first kappa shape index (κ1) is 71.4. The van der Waals surface area contributed by atoms with Gasteiger partial charge in [0.05, 0.1) is 6.42 Å². The normalized spacial score (nSPS) is 23.9. The van der Waals surface area contributed by atoms with Gasteiger partial charge in [0.1, 0.15) is 60.4 Å². The fourth-order valence-corrected chi connectivity index (χ4v) is 12.9. The number of nitrogens with zero attached hydrogens (tertiary/aromatic N) is 2. The van der Waals surface area contributed by atoms with Crippen molar-refractivity contribution in [2.45, 2.75) is 164 Å². The molecule has 13 N–H and O–H groups in total. The summed E-state index contributed by atoms with van der Waals surface area (Å²) in [7, 11) is 0.